The van der Waals surface area contributed by atoms with Gasteiger partial charge < -0.3 is 10.6 Å². The molecule has 0 spiro atoms. The number of thioether (sulfide) groups is 1. The maximum Gasteiger partial charge on any atom is 0.221 e. The molecule has 19 heavy (non-hydrogen) atoms. The van der Waals surface area contributed by atoms with E-state index in [2.05, 4.69) is 15.6 Å². The van der Waals surface area contributed by atoms with Gasteiger partial charge in [0.05, 0.1) is 5.69 Å². The standard InChI is InChI=1S/C14H21N3OS/c18-14(17-12-4-8-15-9-5-12)6-10-19-11-13-3-1-2-7-16-13/h1-3,7,12,15H,4-6,8-11H2,(H,17,18). The summed E-state index contributed by atoms with van der Waals surface area (Å²) in [6.45, 7) is 2.03. The van der Waals surface area contributed by atoms with Gasteiger partial charge in [-0.2, -0.15) is 11.8 Å². The summed E-state index contributed by atoms with van der Waals surface area (Å²) < 4.78 is 0. The third-order valence-electron chi connectivity index (χ3n) is 3.15. The molecule has 2 N–H and O–H groups in total. The lowest BCUT2D eigenvalue weighted by molar-refractivity contribution is -0.121. The van der Waals surface area contributed by atoms with Gasteiger partial charge in [-0.25, -0.2) is 0 Å². The number of amides is 1. The highest BCUT2D eigenvalue weighted by Crippen LogP contribution is 2.11. The summed E-state index contributed by atoms with van der Waals surface area (Å²) in [6.07, 6.45) is 4.50. The quantitative estimate of drug-likeness (QED) is 0.776. The molecule has 0 saturated carbocycles. The Morgan fingerprint density at radius 2 is 2.26 bits per heavy atom. The molecular weight excluding hydrogens is 258 g/mol. The molecule has 1 amide bonds. The van der Waals surface area contributed by atoms with Crippen molar-refractivity contribution >= 4 is 17.7 Å². The van der Waals surface area contributed by atoms with Gasteiger partial charge in [-0.05, 0) is 38.1 Å². The molecule has 4 nitrogen and oxygen atoms in total. The Morgan fingerprint density at radius 3 is 3.00 bits per heavy atom. The summed E-state index contributed by atoms with van der Waals surface area (Å²) in [5, 5.41) is 6.41. The van der Waals surface area contributed by atoms with Crippen LogP contribution in [0.4, 0.5) is 0 Å². The minimum Gasteiger partial charge on any atom is -0.353 e. The number of carbonyl (C=O) groups excluding carboxylic acids is 1. The molecule has 1 aliphatic heterocycles. The summed E-state index contributed by atoms with van der Waals surface area (Å²) in [5.41, 5.74) is 1.08. The molecular formula is C14H21N3OS. The van der Waals surface area contributed by atoms with Crippen molar-refractivity contribution in [2.45, 2.75) is 31.1 Å². The number of nitrogens with zero attached hydrogens (tertiary/aromatic N) is 1. The molecule has 1 aromatic heterocycles. The highest BCUT2D eigenvalue weighted by atomic mass is 32.2. The van der Waals surface area contributed by atoms with Gasteiger partial charge >= 0.3 is 0 Å². The monoisotopic (exact) mass is 279 g/mol. The van der Waals surface area contributed by atoms with Gasteiger partial charge in [-0.3, -0.25) is 9.78 Å². The Labute approximate surface area is 118 Å². The fourth-order valence-corrected chi connectivity index (χ4v) is 2.95. The van der Waals surface area contributed by atoms with Crippen molar-refractivity contribution in [1.82, 2.24) is 15.6 Å². The summed E-state index contributed by atoms with van der Waals surface area (Å²) in [7, 11) is 0. The van der Waals surface area contributed by atoms with Crippen molar-refractivity contribution in [3.8, 4) is 0 Å². The average molecular weight is 279 g/mol. The third kappa shape index (κ3) is 5.61. The molecule has 0 unspecified atom stereocenters. The second-order valence-electron chi connectivity index (χ2n) is 4.72. The van der Waals surface area contributed by atoms with E-state index < -0.39 is 0 Å². The number of piperidine rings is 1. The molecule has 0 aromatic carbocycles. The van der Waals surface area contributed by atoms with E-state index in [1.54, 1.807) is 18.0 Å². The average Bonchev–Trinajstić information content (AvgIpc) is 2.46. The Morgan fingerprint density at radius 1 is 1.42 bits per heavy atom. The van der Waals surface area contributed by atoms with Crippen LogP contribution in [-0.4, -0.2) is 35.8 Å². The van der Waals surface area contributed by atoms with Crippen LogP contribution >= 0.6 is 11.8 Å². The summed E-state index contributed by atoms with van der Waals surface area (Å²) in [5.74, 6) is 1.91. The van der Waals surface area contributed by atoms with Crippen LogP contribution in [0.1, 0.15) is 25.0 Å². The van der Waals surface area contributed by atoms with Gasteiger partial charge in [-0.15, -0.1) is 0 Å². The minimum atomic E-state index is 0.181. The summed E-state index contributed by atoms with van der Waals surface area (Å²) in [6, 6.07) is 6.30. The van der Waals surface area contributed by atoms with Crippen LogP contribution < -0.4 is 10.6 Å². The molecule has 1 saturated heterocycles. The van der Waals surface area contributed by atoms with Crippen LogP contribution in [0.15, 0.2) is 24.4 Å². The largest absolute Gasteiger partial charge is 0.353 e. The minimum absolute atomic E-state index is 0.181. The molecule has 5 heteroatoms. The van der Waals surface area contributed by atoms with E-state index in [4.69, 9.17) is 0 Å². The van der Waals surface area contributed by atoms with E-state index in [-0.39, 0.29) is 5.91 Å². The Hall–Kier alpha value is -1.07. The van der Waals surface area contributed by atoms with E-state index in [1.807, 2.05) is 18.2 Å². The molecule has 1 fully saturated rings. The third-order valence-corrected chi connectivity index (χ3v) is 4.15. The fraction of sp³-hybridized carbons (Fsp3) is 0.571. The van der Waals surface area contributed by atoms with Gasteiger partial charge in [0, 0.05) is 30.2 Å². The number of nitrogens with one attached hydrogen (secondary N) is 2. The van der Waals surface area contributed by atoms with Crippen LogP contribution in [-0.2, 0) is 10.5 Å². The molecule has 0 atom stereocenters. The summed E-state index contributed by atoms with van der Waals surface area (Å²) in [4.78, 5) is 16.0. The topological polar surface area (TPSA) is 54.0 Å². The number of aromatic nitrogens is 1. The maximum atomic E-state index is 11.8. The van der Waals surface area contributed by atoms with E-state index in [0.717, 1.165) is 43.1 Å². The van der Waals surface area contributed by atoms with Crippen LogP contribution in [0.2, 0.25) is 0 Å². The van der Waals surface area contributed by atoms with Crippen molar-refractivity contribution in [2.24, 2.45) is 0 Å². The fourth-order valence-electron chi connectivity index (χ4n) is 2.09. The second-order valence-corrected chi connectivity index (χ2v) is 5.82. The van der Waals surface area contributed by atoms with E-state index in [0.29, 0.717) is 12.5 Å². The number of hydrogen-bond acceptors (Lipinski definition) is 4. The normalized spacial score (nSPS) is 16.2. The first kappa shape index (κ1) is 14.3. The SMILES string of the molecule is O=C(CCSCc1ccccn1)NC1CCNCC1. The van der Waals surface area contributed by atoms with Gasteiger partial charge in [0.1, 0.15) is 0 Å². The highest BCUT2D eigenvalue weighted by Gasteiger charge is 2.14. The van der Waals surface area contributed by atoms with Gasteiger partial charge in [0.2, 0.25) is 5.91 Å². The van der Waals surface area contributed by atoms with Crippen LogP contribution in [0.5, 0.6) is 0 Å². The zero-order chi connectivity index (χ0) is 13.3. The Bertz CT molecular complexity index is 380. The number of hydrogen-bond donors (Lipinski definition) is 2. The first-order chi connectivity index (χ1) is 9.34. The molecule has 2 heterocycles. The predicted octanol–water partition coefficient (Wildman–Crippen LogP) is 1.57. The van der Waals surface area contributed by atoms with Gasteiger partial charge in [-0.1, -0.05) is 6.07 Å². The van der Waals surface area contributed by atoms with Gasteiger partial charge in [0.25, 0.3) is 0 Å². The molecule has 0 radical (unpaired) electrons. The van der Waals surface area contributed by atoms with Crippen molar-refractivity contribution in [3.05, 3.63) is 30.1 Å². The Kier molecular flexibility index (Phi) is 6.17. The molecule has 2 rings (SSSR count). The lowest BCUT2D eigenvalue weighted by Gasteiger charge is -2.23. The van der Waals surface area contributed by atoms with Crippen molar-refractivity contribution in [2.75, 3.05) is 18.8 Å². The Balaban J connectivity index is 1.56. The zero-order valence-corrected chi connectivity index (χ0v) is 11.9. The van der Waals surface area contributed by atoms with E-state index >= 15 is 0 Å². The van der Waals surface area contributed by atoms with Crippen molar-refractivity contribution < 1.29 is 4.79 Å². The lowest BCUT2D eigenvalue weighted by atomic mass is 10.1. The van der Waals surface area contributed by atoms with E-state index in [1.165, 1.54) is 0 Å². The number of carbonyl (C=O) groups is 1. The smallest absolute Gasteiger partial charge is 0.221 e. The highest BCUT2D eigenvalue weighted by molar-refractivity contribution is 7.98. The van der Waals surface area contributed by atoms with Crippen LogP contribution in [0, 0.1) is 0 Å². The zero-order valence-electron chi connectivity index (χ0n) is 11.1. The molecule has 0 bridgehead atoms. The molecule has 1 aromatic rings. The van der Waals surface area contributed by atoms with Crippen LogP contribution in [0.3, 0.4) is 0 Å². The first-order valence-corrected chi connectivity index (χ1v) is 7.98. The predicted molar refractivity (Wildman–Crippen MR) is 79.1 cm³/mol. The molecule has 0 aliphatic carbocycles. The molecule has 1 aliphatic rings. The lowest BCUT2D eigenvalue weighted by Crippen LogP contribution is -2.42. The van der Waals surface area contributed by atoms with Crippen LogP contribution in [0.25, 0.3) is 0 Å². The maximum absolute atomic E-state index is 11.8. The first-order valence-electron chi connectivity index (χ1n) is 6.82. The van der Waals surface area contributed by atoms with Crippen molar-refractivity contribution in [1.29, 1.82) is 0 Å². The van der Waals surface area contributed by atoms with E-state index in [9.17, 15) is 4.79 Å². The number of rotatable bonds is 6. The van der Waals surface area contributed by atoms with Gasteiger partial charge in [0.15, 0.2) is 0 Å². The second kappa shape index (κ2) is 8.17. The summed E-state index contributed by atoms with van der Waals surface area (Å²) >= 11 is 1.76. The van der Waals surface area contributed by atoms with Crippen molar-refractivity contribution in [3.63, 3.8) is 0 Å². The molecule has 104 valence electrons. The number of pyridine rings is 1.